The molecule has 1 aromatic heterocycles. The molecule has 0 radical (unpaired) electrons. The molecule has 3 amide bonds. The van der Waals surface area contributed by atoms with Crippen LogP contribution < -0.4 is 5.32 Å². The predicted molar refractivity (Wildman–Crippen MR) is 105 cm³/mol. The Morgan fingerprint density at radius 3 is 2.30 bits per heavy atom. The van der Waals surface area contributed by atoms with Crippen molar-refractivity contribution in [1.82, 2.24) is 20.0 Å². The van der Waals surface area contributed by atoms with Gasteiger partial charge in [-0.3, -0.25) is 10.1 Å². The minimum Gasteiger partial charge on any atom is -0.343 e. The lowest BCUT2D eigenvalue weighted by molar-refractivity contribution is -0.130. The summed E-state index contributed by atoms with van der Waals surface area (Å²) in [5, 5.41) is 13.1. The van der Waals surface area contributed by atoms with Gasteiger partial charge in [0, 0.05) is 38.0 Å². The fourth-order valence-corrected chi connectivity index (χ4v) is 5.29. The van der Waals surface area contributed by atoms with Gasteiger partial charge in [-0.15, -0.1) is 10.2 Å². The van der Waals surface area contributed by atoms with Crippen LogP contribution in [0.5, 0.6) is 0 Å². The van der Waals surface area contributed by atoms with E-state index in [0.29, 0.717) is 17.1 Å². The third-order valence-electron chi connectivity index (χ3n) is 6.09. The second-order valence-corrected chi connectivity index (χ2v) is 9.10. The van der Waals surface area contributed by atoms with Crippen molar-refractivity contribution >= 4 is 28.4 Å². The lowest BCUT2D eigenvalue weighted by atomic mass is 9.91. The summed E-state index contributed by atoms with van der Waals surface area (Å²) in [6, 6.07) is 0.449. The maximum absolute atomic E-state index is 13.2. The molecule has 148 valence electrons. The molecule has 1 N–H and O–H groups in total. The van der Waals surface area contributed by atoms with Crippen LogP contribution in [0, 0.1) is 0 Å². The number of rotatable bonds is 4. The van der Waals surface area contributed by atoms with Gasteiger partial charge in [0.25, 0.3) is 0 Å². The molecule has 8 heteroatoms. The van der Waals surface area contributed by atoms with E-state index in [1.165, 1.54) is 43.4 Å². The molecular formula is C19H29N5O2S. The third-order valence-corrected chi connectivity index (χ3v) is 7.09. The van der Waals surface area contributed by atoms with Crippen LogP contribution in [0.25, 0.3) is 0 Å². The van der Waals surface area contributed by atoms with E-state index in [1.54, 1.807) is 6.92 Å². The molecule has 0 unspecified atom stereocenters. The van der Waals surface area contributed by atoms with Crippen molar-refractivity contribution < 1.29 is 9.59 Å². The number of likely N-dealkylation sites (tertiary alicyclic amines) is 1. The van der Waals surface area contributed by atoms with E-state index in [2.05, 4.69) is 20.4 Å². The summed E-state index contributed by atoms with van der Waals surface area (Å²) in [6.45, 7) is 3.10. The third kappa shape index (κ3) is 4.42. The molecule has 3 aliphatic rings. The molecule has 4 rings (SSSR count). The Labute approximate surface area is 164 Å². The van der Waals surface area contributed by atoms with Crippen LogP contribution in [0.2, 0.25) is 0 Å². The SMILES string of the molecule is CC(=O)N1CCC(N(C(=O)Nc2nnc(C3CC3)s2)C2CCCCC2)CC1. The number of hydrogen-bond donors (Lipinski definition) is 1. The van der Waals surface area contributed by atoms with Crippen molar-refractivity contribution in [2.75, 3.05) is 18.4 Å². The van der Waals surface area contributed by atoms with E-state index < -0.39 is 0 Å². The number of amides is 3. The largest absolute Gasteiger partial charge is 0.343 e. The highest BCUT2D eigenvalue weighted by Crippen LogP contribution is 2.42. The second-order valence-electron chi connectivity index (χ2n) is 8.09. The molecule has 0 bridgehead atoms. The molecule has 3 fully saturated rings. The topological polar surface area (TPSA) is 78.4 Å². The summed E-state index contributed by atoms with van der Waals surface area (Å²) in [7, 11) is 0. The lowest BCUT2D eigenvalue weighted by Crippen LogP contribution is -2.54. The standard InChI is InChI=1S/C19H29N5O2S/c1-13(25)23-11-9-16(10-12-23)24(15-5-3-2-4-6-15)19(26)20-18-22-21-17(27-18)14-7-8-14/h14-16H,2-12H2,1H3,(H,20,22,26). The molecule has 2 saturated carbocycles. The van der Waals surface area contributed by atoms with Crippen molar-refractivity contribution in [1.29, 1.82) is 0 Å². The number of piperidine rings is 1. The van der Waals surface area contributed by atoms with Gasteiger partial charge in [-0.25, -0.2) is 4.79 Å². The van der Waals surface area contributed by atoms with Crippen LogP contribution in [0.3, 0.4) is 0 Å². The van der Waals surface area contributed by atoms with Crippen LogP contribution in [-0.4, -0.2) is 57.1 Å². The van der Waals surface area contributed by atoms with Gasteiger partial charge in [0.1, 0.15) is 5.01 Å². The van der Waals surface area contributed by atoms with E-state index in [9.17, 15) is 9.59 Å². The van der Waals surface area contributed by atoms with Gasteiger partial charge in [0.2, 0.25) is 11.0 Å². The first-order chi connectivity index (χ1) is 13.1. The summed E-state index contributed by atoms with van der Waals surface area (Å²) >= 11 is 1.51. The summed E-state index contributed by atoms with van der Waals surface area (Å²) in [5.41, 5.74) is 0. The Kier molecular flexibility index (Phi) is 5.61. The highest BCUT2D eigenvalue weighted by Gasteiger charge is 2.35. The number of aromatic nitrogens is 2. The second kappa shape index (κ2) is 8.12. The summed E-state index contributed by atoms with van der Waals surface area (Å²) in [5.74, 6) is 0.682. The van der Waals surface area contributed by atoms with Gasteiger partial charge in [0.05, 0.1) is 0 Å². The predicted octanol–water partition coefficient (Wildman–Crippen LogP) is 3.59. The summed E-state index contributed by atoms with van der Waals surface area (Å²) in [6.07, 6.45) is 9.86. The van der Waals surface area contributed by atoms with Gasteiger partial charge < -0.3 is 9.80 Å². The van der Waals surface area contributed by atoms with Crippen LogP contribution in [-0.2, 0) is 4.79 Å². The molecule has 2 heterocycles. The quantitative estimate of drug-likeness (QED) is 0.851. The lowest BCUT2D eigenvalue weighted by Gasteiger charge is -2.43. The highest BCUT2D eigenvalue weighted by atomic mass is 32.1. The fourth-order valence-electron chi connectivity index (χ4n) is 4.38. The minimum absolute atomic E-state index is 0.0401. The number of hydrogen-bond acceptors (Lipinski definition) is 5. The fraction of sp³-hybridized carbons (Fsp3) is 0.789. The van der Waals surface area contributed by atoms with Gasteiger partial charge in [-0.05, 0) is 38.5 Å². The van der Waals surface area contributed by atoms with Gasteiger partial charge >= 0.3 is 6.03 Å². The first-order valence-electron chi connectivity index (χ1n) is 10.3. The van der Waals surface area contributed by atoms with E-state index in [4.69, 9.17) is 0 Å². The van der Waals surface area contributed by atoms with Crippen molar-refractivity contribution in [3.05, 3.63) is 5.01 Å². The monoisotopic (exact) mass is 391 g/mol. The highest BCUT2D eigenvalue weighted by molar-refractivity contribution is 7.15. The average Bonchev–Trinajstić information content (AvgIpc) is 3.43. The Morgan fingerprint density at radius 2 is 1.67 bits per heavy atom. The zero-order valence-corrected chi connectivity index (χ0v) is 16.8. The summed E-state index contributed by atoms with van der Waals surface area (Å²) in [4.78, 5) is 28.8. The molecule has 7 nitrogen and oxygen atoms in total. The minimum atomic E-state index is -0.0401. The molecule has 0 aromatic carbocycles. The normalized spacial score (nSPS) is 21.9. The molecule has 1 aliphatic heterocycles. The zero-order chi connectivity index (χ0) is 18.8. The number of nitrogens with one attached hydrogen (secondary N) is 1. The Bertz CT molecular complexity index is 675. The molecule has 27 heavy (non-hydrogen) atoms. The molecule has 2 aliphatic carbocycles. The van der Waals surface area contributed by atoms with Crippen molar-refractivity contribution in [2.24, 2.45) is 0 Å². The van der Waals surface area contributed by atoms with Crippen LogP contribution in [0.1, 0.15) is 75.6 Å². The van der Waals surface area contributed by atoms with Gasteiger partial charge in [-0.2, -0.15) is 0 Å². The van der Waals surface area contributed by atoms with Gasteiger partial charge in [-0.1, -0.05) is 30.6 Å². The van der Waals surface area contributed by atoms with Crippen molar-refractivity contribution in [3.63, 3.8) is 0 Å². The van der Waals surface area contributed by atoms with Crippen molar-refractivity contribution in [2.45, 2.75) is 82.7 Å². The maximum Gasteiger partial charge on any atom is 0.324 e. The molecule has 1 aromatic rings. The molecule has 0 atom stereocenters. The van der Waals surface area contributed by atoms with Crippen LogP contribution >= 0.6 is 11.3 Å². The maximum atomic E-state index is 13.2. The van der Waals surface area contributed by atoms with E-state index in [-0.39, 0.29) is 18.0 Å². The van der Waals surface area contributed by atoms with Crippen LogP contribution in [0.15, 0.2) is 0 Å². The van der Waals surface area contributed by atoms with Crippen LogP contribution in [0.4, 0.5) is 9.93 Å². The van der Waals surface area contributed by atoms with E-state index in [1.807, 2.05) is 4.90 Å². The van der Waals surface area contributed by atoms with Gasteiger partial charge in [0.15, 0.2) is 0 Å². The average molecular weight is 392 g/mol. The first-order valence-corrected chi connectivity index (χ1v) is 11.1. The zero-order valence-electron chi connectivity index (χ0n) is 16.0. The number of carbonyl (C=O) groups excluding carboxylic acids is 2. The smallest absolute Gasteiger partial charge is 0.324 e. The number of anilines is 1. The molecule has 0 spiro atoms. The first kappa shape index (κ1) is 18.7. The number of nitrogens with zero attached hydrogens (tertiary/aromatic N) is 4. The Morgan fingerprint density at radius 1 is 1.00 bits per heavy atom. The van der Waals surface area contributed by atoms with Crippen molar-refractivity contribution in [3.8, 4) is 0 Å². The molecule has 1 saturated heterocycles. The van der Waals surface area contributed by atoms with E-state index >= 15 is 0 Å². The summed E-state index contributed by atoms with van der Waals surface area (Å²) < 4.78 is 0. The Hall–Kier alpha value is -1.70. The number of urea groups is 1. The Balaban J connectivity index is 1.44. The van der Waals surface area contributed by atoms with E-state index in [0.717, 1.165) is 43.8 Å². The molecular weight excluding hydrogens is 362 g/mol. The number of carbonyl (C=O) groups is 2.